The van der Waals surface area contributed by atoms with Gasteiger partial charge in [-0.15, -0.1) is 0 Å². The number of rotatable bonds is 6. The number of carbonyl (C=O) groups excluding carboxylic acids is 2. The van der Waals surface area contributed by atoms with E-state index >= 15 is 0 Å². The fraction of sp³-hybridized carbons (Fsp3) is 0.300. The Hall–Kier alpha value is -2.14. The monoisotopic (exact) mass is 402 g/mol. The van der Waals surface area contributed by atoms with E-state index in [1.807, 2.05) is 60.4 Å². The number of likely N-dealkylation sites (N-methyl/N-ethyl adjacent to an activating group) is 1. The topological polar surface area (TPSA) is 40.6 Å². The zero-order valence-electron chi connectivity index (χ0n) is 14.8. The fourth-order valence-corrected chi connectivity index (χ4v) is 2.76. The maximum atomic E-state index is 12.6. The molecule has 25 heavy (non-hydrogen) atoms. The zero-order chi connectivity index (χ0) is 18.4. The molecule has 2 aromatic carbocycles. The molecule has 132 valence electrons. The normalized spacial score (nSPS) is 10.4. The van der Waals surface area contributed by atoms with E-state index in [1.165, 1.54) is 0 Å². The molecule has 0 bridgehead atoms. The molecule has 0 N–H and O–H groups in total. The number of halogens is 1. The second-order valence-electron chi connectivity index (χ2n) is 6.11. The third-order valence-corrected chi connectivity index (χ3v) is 4.51. The molecule has 2 rings (SSSR count). The molecule has 0 unspecified atom stereocenters. The van der Waals surface area contributed by atoms with Crippen molar-refractivity contribution in [3.05, 3.63) is 69.7 Å². The van der Waals surface area contributed by atoms with Crippen molar-refractivity contribution < 1.29 is 9.59 Å². The van der Waals surface area contributed by atoms with Gasteiger partial charge in [0.2, 0.25) is 5.91 Å². The summed E-state index contributed by atoms with van der Waals surface area (Å²) < 4.78 is 1.00. The third-order valence-electron chi connectivity index (χ3n) is 3.98. The van der Waals surface area contributed by atoms with E-state index in [-0.39, 0.29) is 11.8 Å². The smallest absolute Gasteiger partial charge is 0.253 e. The van der Waals surface area contributed by atoms with Gasteiger partial charge < -0.3 is 9.80 Å². The van der Waals surface area contributed by atoms with Gasteiger partial charge in [0.1, 0.15) is 0 Å². The van der Waals surface area contributed by atoms with Crippen molar-refractivity contribution >= 4 is 27.7 Å². The summed E-state index contributed by atoms with van der Waals surface area (Å²) in [6.45, 7) is 3.17. The van der Waals surface area contributed by atoms with Crippen LogP contribution in [0.2, 0.25) is 0 Å². The molecule has 2 aromatic rings. The van der Waals surface area contributed by atoms with Gasteiger partial charge in [0.05, 0.1) is 6.42 Å². The molecule has 0 aliphatic rings. The zero-order valence-corrected chi connectivity index (χ0v) is 16.4. The average molecular weight is 403 g/mol. The summed E-state index contributed by atoms with van der Waals surface area (Å²) >= 11 is 3.40. The number of nitrogens with zero attached hydrogens (tertiary/aromatic N) is 2. The molecule has 4 nitrogen and oxygen atoms in total. The average Bonchev–Trinajstić information content (AvgIpc) is 2.61. The number of hydrogen-bond acceptors (Lipinski definition) is 2. The van der Waals surface area contributed by atoms with Crippen LogP contribution in [-0.2, 0) is 17.8 Å². The van der Waals surface area contributed by atoms with Gasteiger partial charge in [0.25, 0.3) is 5.91 Å². The Morgan fingerprint density at radius 3 is 2.00 bits per heavy atom. The lowest BCUT2D eigenvalue weighted by molar-refractivity contribution is -0.130. The Labute approximate surface area is 157 Å². The van der Waals surface area contributed by atoms with Gasteiger partial charge in [-0.1, -0.05) is 40.2 Å². The lowest BCUT2D eigenvalue weighted by Gasteiger charge is -2.21. The van der Waals surface area contributed by atoms with Crippen LogP contribution in [-0.4, -0.2) is 42.3 Å². The highest BCUT2D eigenvalue weighted by molar-refractivity contribution is 9.10. The minimum atomic E-state index is -0.0230. The van der Waals surface area contributed by atoms with E-state index in [1.54, 1.807) is 19.0 Å². The summed E-state index contributed by atoms with van der Waals surface area (Å²) in [6, 6.07) is 15.2. The molecule has 0 spiro atoms. The van der Waals surface area contributed by atoms with Crippen molar-refractivity contribution in [1.29, 1.82) is 0 Å². The highest BCUT2D eigenvalue weighted by Crippen LogP contribution is 2.13. The van der Waals surface area contributed by atoms with E-state index in [2.05, 4.69) is 15.9 Å². The number of benzene rings is 2. The quantitative estimate of drug-likeness (QED) is 0.737. The predicted octanol–water partition coefficient (Wildman–Crippen LogP) is 3.74. The number of amides is 2. The largest absolute Gasteiger partial charge is 0.345 e. The summed E-state index contributed by atoms with van der Waals surface area (Å²) in [5.41, 5.74) is 2.66. The standard InChI is InChI=1S/C20H23BrN2O2/c1-4-23(19(24)13-15-7-11-18(21)12-8-15)14-16-5-9-17(10-6-16)20(25)22(2)3/h5-12H,4,13-14H2,1-3H3. The van der Waals surface area contributed by atoms with Crippen molar-refractivity contribution in [2.75, 3.05) is 20.6 Å². The van der Waals surface area contributed by atoms with Crippen LogP contribution in [0, 0.1) is 0 Å². The summed E-state index contributed by atoms with van der Waals surface area (Å²) in [6.07, 6.45) is 0.387. The van der Waals surface area contributed by atoms with Gasteiger partial charge >= 0.3 is 0 Å². The minimum Gasteiger partial charge on any atom is -0.345 e. The van der Waals surface area contributed by atoms with Crippen LogP contribution < -0.4 is 0 Å². The molecular weight excluding hydrogens is 380 g/mol. The van der Waals surface area contributed by atoms with Crippen LogP contribution in [0.4, 0.5) is 0 Å². The van der Waals surface area contributed by atoms with E-state index in [0.717, 1.165) is 15.6 Å². The molecule has 5 heteroatoms. The van der Waals surface area contributed by atoms with Crippen molar-refractivity contribution in [3.8, 4) is 0 Å². The van der Waals surface area contributed by atoms with Crippen LogP contribution in [0.5, 0.6) is 0 Å². The molecule has 0 aliphatic heterocycles. The van der Waals surface area contributed by atoms with E-state index in [9.17, 15) is 9.59 Å². The molecular formula is C20H23BrN2O2. The van der Waals surface area contributed by atoms with Gasteiger partial charge in [-0.25, -0.2) is 0 Å². The maximum Gasteiger partial charge on any atom is 0.253 e. The van der Waals surface area contributed by atoms with Gasteiger partial charge in [-0.3, -0.25) is 9.59 Å². The van der Waals surface area contributed by atoms with Crippen molar-refractivity contribution in [3.63, 3.8) is 0 Å². The molecule has 0 fully saturated rings. The summed E-state index contributed by atoms with van der Waals surface area (Å²) in [5.74, 6) is 0.0727. The molecule has 0 radical (unpaired) electrons. The maximum absolute atomic E-state index is 12.6. The van der Waals surface area contributed by atoms with E-state index in [4.69, 9.17) is 0 Å². The van der Waals surface area contributed by atoms with Crippen molar-refractivity contribution in [1.82, 2.24) is 9.80 Å². The molecule has 0 heterocycles. The third kappa shape index (κ3) is 5.43. The second-order valence-corrected chi connectivity index (χ2v) is 7.02. The van der Waals surface area contributed by atoms with Gasteiger partial charge in [0.15, 0.2) is 0 Å². The van der Waals surface area contributed by atoms with Gasteiger partial charge in [-0.2, -0.15) is 0 Å². The Morgan fingerprint density at radius 1 is 0.920 bits per heavy atom. The Balaban J connectivity index is 2.02. The van der Waals surface area contributed by atoms with Crippen molar-refractivity contribution in [2.24, 2.45) is 0 Å². The summed E-state index contributed by atoms with van der Waals surface area (Å²) in [5, 5.41) is 0. The summed E-state index contributed by atoms with van der Waals surface area (Å²) in [7, 11) is 3.46. The van der Waals surface area contributed by atoms with E-state index in [0.29, 0.717) is 25.1 Å². The predicted molar refractivity (Wildman–Crippen MR) is 103 cm³/mol. The Morgan fingerprint density at radius 2 is 1.48 bits per heavy atom. The highest BCUT2D eigenvalue weighted by atomic mass is 79.9. The molecule has 2 amide bonds. The van der Waals surface area contributed by atoms with Crippen LogP contribution in [0.3, 0.4) is 0 Å². The first-order valence-corrected chi connectivity index (χ1v) is 9.02. The van der Waals surface area contributed by atoms with Crippen LogP contribution in [0.1, 0.15) is 28.4 Å². The molecule has 0 aliphatic carbocycles. The van der Waals surface area contributed by atoms with Gasteiger partial charge in [0, 0.05) is 37.2 Å². The molecule has 0 aromatic heterocycles. The minimum absolute atomic E-state index is 0.0230. The Kier molecular flexibility index (Phi) is 6.76. The number of carbonyl (C=O) groups is 2. The SMILES string of the molecule is CCN(Cc1ccc(C(=O)N(C)C)cc1)C(=O)Cc1ccc(Br)cc1. The lowest BCUT2D eigenvalue weighted by atomic mass is 10.1. The first-order chi connectivity index (χ1) is 11.9. The van der Waals surface area contributed by atoms with Gasteiger partial charge in [-0.05, 0) is 42.3 Å². The Bertz CT molecular complexity index is 724. The van der Waals surface area contributed by atoms with Crippen LogP contribution in [0.15, 0.2) is 53.0 Å². The van der Waals surface area contributed by atoms with Crippen molar-refractivity contribution in [2.45, 2.75) is 19.9 Å². The first kappa shape index (κ1) is 19.2. The fourth-order valence-electron chi connectivity index (χ4n) is 2.50. The molecule has 0 atom stereocenters. The first-order valence-electron chi connectivity index (χ1n) is 8.23. The van der Waals surface area contributed by atoms with Crippen LogP contribution >= 0.6 is 15.9 Å². The van der Waals surface area contributed by atoms with E-state index < -0.39 is 0 Å². The second kappa shape index (κ2) is 8.81. The van der Waals surface area contributed by atoms with Crippen LogP contribution in [0.25, 0.3) is 0 Å². The molecule has 0 saturated carbocycles. The lowest BCUT2D eigenvalue weighted by Crippen LogP contribution is -2.31. The highest BCUT2D eigenvalue weighted by Gasteiger charge is 2.14. The number of hydrogen-bond donors (Lipinski definition) is 0. The molecule has 0 saturated heterocycles. The summed E-state index contributed by atoms with van der Waals surface area (Å²) in [4.78, 5) is 27.9.